The van der Waals surface area contributed by atoms with Gasteiger partial charge >= 0.3 is 0 Å². The molecule has 2 fully saturated rings. The van der Waals surface area contributed by atoms with E-state index in [1.54, 1.807) is 6.92 Å². The predicted molar refractivity (Wildman–Crippen MR) is 97.2 cm³/mol. The Morgan fingerprint density at radius 2 is 1.96 bits per heavy atom. The summed E-state index contributed by atoms with van der Waals surface area (Å²) in [6.45, 7) is 2.53. The van der Waals surface area contributed by atoms with Gasteiger partial charge in [0.25, 0.3) is 5.91 Å². The first-order valence-electron chi connectivity index (χ1n) is 9.45. The van der Waals surface area contributed by atoms with E-state index >= 15 is 0 Å². The van der Waals surface area contributed by atoms with Crippen LogP contribution in [0.2, 0.25) is 0 Å². The molecule has 27 heavy (non-hydrogen) atoms. The second kappa shape index (κ2) is 8.24. The lowest BCUT2D eigenvalue weighted by Gasteiger charge is -2.39. The maximum atomic E-state index is 12.7. The molecule has 2 aliphatic rings. The summed E-state index contributed by atoms with van der Waals surface area (Å²) in [5.74, 6) is 0.226. The minimum absolute atomic E-state index is 0.197. The number of hydrogen-bond donors (Lipinski definition) is 1. The van der Waals surface area contributed by atoms with Crippen molar-refractivity contribution in [3.8, 4) is 0 Å². The molecule has 2 heterocycles. The normalized spacial score (nSPS) is 21.4. The molecule has 1 saturated carbocycles. The number of nitrogens with one attached hydrogen (secondary N) is 1. The average Bonchev–Trinajstić information content (AvgIpc) is 3.31. The molecule has 0 aromatic carbocycles. The second-order valence-electron chi connectivity index (χ2n) is 7.51. The molecule has 9 nitrogen and oxygen atoms in total. The number of sulfonamides is 1. The van der Waals surface area contributed by atoms with E-state index in [0.29, 0.717) is 37.3 Å². The smallest absolute Gasteiger partial charge is 0.252 e. The Morgan fingerprint density at radius 3 is 2.52 bits per heavy atom. The molecule has 1 aliphatic carbocycles. The fourth-order valence-corrected chi connectivity index (χ4v) is 5.84. The van der Waals surface area contributed by atoms with Gasteiger partial charge in [-0.15, -0.1) is 0 Å². The molecule has 1 saturated heterocycles. The first kappa shape index (κ1) is 20.2. The van der Waals surface area contributed by atoms with Gasteiger partial charge in [-0.25, -0.2) is 17.4 Å². The third-order valence-corrected chi connectivity index (χ3v) is 7.86. The zero-order valence-electron chi connectivity index (χ0n) is 15.9. The number of piperidine rings is 1. The largest absolute Gasteiger partial charge is 0.368 e. The molecule has 1 aromatic rings. The van der Waals surface area contributed by atoms with Gasteiger partial charge in [-0.1, -0.05) is 23.2 Å². The van der Waals surface area contributed by atoms with Crippen LogP contribution in [0.4, 0.5) is 0 Å². The summed E-state index contributed by atoms with van der Waals surface area (Å²) in [4.78, 5) is 12.7. The Kier molecular flexibility index (Phi) is 6.17. The first-order chi connectivity index (χ1) is 12.9. The Hall–Kier alpha value is -1.52. The van der Waals surface area contributed by atoms with Crippen molar-refractivity contribution < 1.29 is 22.6 Å². The lowest BCUT2D eigenvalue weighted by molar-refractivity contribution is -0.148. The number of nitrogens with zero attached hydrogens (tertiary/aromatic N) is 3. The Bertz CT molecular complexity index is 749. The molecule has 152 valence electrons. The van der Waals surface area contributed by atoms with Crippen molar-refractivity contribution in [1.29, 1.82) is 0 Å². The lowest BCUT2D eigenvalue weighted by Crippen LogP contribution is -2.56. The van der Waals surface area contributed by atoms with Crippen LogP contribution in [0.1, 0.15) is 49.9 Å². The molecule has 1 N–H and O–H groups in total. The standard InChI is InChI=1S/C17H28N4O5S/c1-13-15(20-26-19-13)11-18-16(22)17(25-2)7-9-21(10-8-17)27(23,24)12-14-5-3-4-6-14/h14H,3-12H2,1-2H3,(H,18,22). The molecule has 0 radical (unpaired) electrons. The second-order valence-corrected chi connectivity index (χ2v) is 9.52. The van der Waals surface area contributed by atoms with E-state index in [9.17, 15) is 13.2 Å². The van der Waals surface area contributed by atoms with Gasteiger partial charge in [0, 0.05) is 20.2 Å². The number of aromatic nitrogens is 2. The fraction of sp³-hybridized carbons (Fsp3) is 0.824. The van der Waals surface area contributed by atoms with Crippen LogP contribution in [0.25, 0.3) is 0 Å². The van der Waals surface area contributed by atoms with Crippen molar-refractivity contribution in [3.63, 3.8) is 0 Å². The summed E-state index contributed by atoms with van der Waals surface area (Å²) < 4.78 is 37.1. The van der Waals surface area contributed by atoms with Gasteiger partial charge in [0.2, 0.25) is 10.0 Å². The van der Waals surface area contributed by atoms with E-state index in [-0.39, 0.29) is 24.1 Å². The topological polar surface area (TPSA) is 115 Å². The van der Waals surface area contributed by atoms with Crippen LogP contribution < -0.4 is 5.32 Å². The zero-order valence-corrected chi connectivity index (χ0v) is 16.8. The van der Waals surface area contributed by atoms with Crippen molar-refractivity contribution in [2.45, 2.75) is 57.6 Å². The number of carbonyl (C=O) groups excluding carboxylic acids is 1. The van der Waals surface area contributed by atoms with Crippen molar-refractivity contribution in [3.05, 3.63) is 11.4 Å². The summed E-state index contributed by atoms with van der Waals surface area (Å²) >= 11 is 0. The maximum absolute atomic E-state index is 12.7. The van der Waals surface area contributed by atoms with Crippen molar-refractivity contribution in [2.24, 2.45) is 5.92 Å². The van der Waals surface area contributed by atoms with Crippen LogP contribution in [-0.2, 0) is 26.1 Å². The molecule has 3 rings (SSSR count). The number of hydrogen-bond acceptors (Lipinski definition) is 7. The summed E-state index contributed by atoms with van der Waals surface area (Å²) in [6.07, 6.45) is 4.88. The SMILES string of the molecule is COC1(C(=O)NCc2nonc2C)CCN(S(=O)(=O)CC2CCCC2)CC1. The number of ether oxygens (including phenoxy) is 1. The fourth-order valence-electron chi connectivity index (χ4n) is 3.96. The van der Waals surface area contributed by atoms with Crippen molar-refractivity contribution in [1.82, 2.24) is 19.9 Å². The van der Waals surface area contributed by atoms with Crippen LogP contribution in [0.5, 0.6) is 0 Å². The Balaban J connectivity index is 1.57. The summed E-state index contributed by atoms with van der Waals surface area (Å²) in [7, 11) is -1.80. The minimum atomic E-state index is -3.29. The minimum Gasteiger partial charge on any atom is -0.368 e. The zero-order chi connectivity index (χ0) is 19.5. The molecular weight excluding hydrogens is 372 g/mol. The van der Waals surface area contributed by atoms with E-state index in [1.807, 2.05) is 0 Å². The quantitative estimate of drug-likeness (QED) is 0.726. The van der Waals surface area contributed by atoms with Gasteiger partial charge in [-0.3, -0.25) is 4.79 Å². The predicted octanol–water partition coefficient (Wildman–Crippen LogP) is 0.995. The van der Waals surface area contributed by atoms with Crippen molar-refractivity contribution >= 4 is 15.9 Å². The summed E-state index contributed by atoms with van der Waals surface area (Å²) in [6, 6.07) is 0. The van der Waals surface area contributed by atoms with Crippen molar-refractivity contribution in [2.75, 3.05) is 26.0 Å². The molecule has 10 heteroatoms. The Morgan fingerprint density at radius 1 is 1.30 bits per heavy atom. The number of aryl methyl sites for hydroxylation is 1. The van der Waals surface area contributed by atoms with E-state index in [0.717, 1.165) is 25.7 Å². The highest BCUT2D eigenvalue weighted by Crippen LogP contribution is 2.31. The van der Waals surface area contributed by atoms with Gasteiger partial charge < -0.3 is 10.1 Å². The van der Waals surface area contributed by atoms with Gasteiger partial charge in [-0.2, -0.15) is 0 Å². The van der Waals surface area contributed by atoms with Crippen LogP contribution >= 0.6 is 0 Å². The highest BCUT2D eigenvalue weighted by atomic mass is 32.2. The molecule has 1 aliphatic heterocycles. The highest BCUT2D eigenvalue weighted by molar-refractivity contribution is 7.89. The third kappa shape index (κ3) is 4.49. The van der Waals surface area contributed by atoms with Gasteiger partial charge in [-0.05, 0) is 38.5 Å². The highest BCUT2D eigenvalue weighted by Gasteiger charge is 2.44. The summed E-state index contributed by atoms with van der Waals surface area (Å²) in [5.41, 5.74) is 0.158. The van der Waals surface area contributed by atoms with Crippen LogP contribution in [-0.4, -0.2) is 60.5 Å². The molecule has 0 unspecified atom stereocenters. The van der Waals surface area contributed by atoms with Crippen LogP contribution in [0.15, 0.2) is 4.63 Å². The van der Waals surface area contributed by atoms with E-state index in [4.69, 9.17) is 4.74 Å². The number of methoxy groups -OCH3 is 1. The molecule has 0 atom stereocenters. The van der Waals surface area contributed by atoms with E-state index < -0.39 is 15.6 Å². The molecule has 1 aromatic heterocycles. The van der Waals surface area contributed by atoms with Crippen LogP contribution in [0, 0.1) is 12.8 Å². The monoisotopic (exact) mass is 400 g/mol. The van der Waals surface area contributed by atoms with E-state index in [1.165, 1.54) is 11.4 Å². The maximum Gasteiger partial charge on any atom is 0.252 e. The number of rotatable bonds is 7. The van der Waals surface area contributed by atoms with Gasteiger partial charge in [0.05, 0.1) is 12.3 Å². The van der Waals surface area contributed by atoms with Gasteiger partial charge in [0.15, 0.2) is 0 Å². The number of carbonyl (C=O) groups is 1. The lowest BCUT2D eigenvalue weighted by atomic mass is 9.91. The molecule has 0 bridgehead atoms. The Labute approximate surface area is 159 Å². The number of amides is 1. The molecule has 1 amide bonds. The van der Waals surface area contributed by atoms with Gasteiger partial charge in [0.1, 0.15) is 17.0 Å². The average molecular weight is 401 g/mol. The molecule has 0 spiro atoms. The van der Waals surface area contributed by atoms with E-state index in [2.05, 4.69) is 20.3 Å². The first-order valence-corrected chi connectivity index (χ1v) is 11.1. The van der Waals surface area contributed by atoms with Crippen LogP contribution in [0.3, 0.4) is 0 Å². The summed E-state index contributed by atoms with van der Waals surface area (Å²) in [5, 5.41) is 10.2. The third-order valence-electron chi connectivity index (χ3n) is 5.81. The molecular formula is C17H28N4O5S.